The fourth-order valence-electron chi connectivity index (χ4n) is 2.29. The zero-order valence-electron chi connectivity index (χ0n) is 16.0. The van der Waals surface area contributed by atoms with E-state index in [2.05, 4.69) is 20.1 Å². The normalized spacial score (nSPS) is 11.3. The second kappa shape index (κ2) is 10.9. The molecule has 0 spiro atoms. The third-order valence-corrected chi connectivity index (χ3v) is 3.77. The van der Waals surface area contributed by atoms with E-state index in [1.54, 1.807) is 26.0 Å². The largest absolute Gasteiger partial charge is 0.465 e. The van der Waals surface area contributed by atoms with Crippen LogP contribution < -0.4 is 15.5 Å². The summed E-state index contributed by atoms with van der Waals surface area (Å²) in [7, 11) is 1.28. The minimum atomic E-state index is -0.808. The molecule has 1 unspecified atom stereocenters. The lowest BCUT2D eigenvalue weighted by atomic mass is 10.1. The van der Waals surface area contributed by atoms with Crippen molar-refractivity contribution in [3.63, 3.8) is 0 Å². The molecule has 27 heavy (non-hydrogen) atoms. The summed E-state index contributed by atoms with van der Waals surface area (Å²) in [5.74, 6) is -1.34. The molecular weight excluding hydrogens is 354 g/mol. The average Bonchev–Trinajstić information content (AvgIpc) is 2.62. The topological polar surface area (TPSA) is 115 Å². The number of likely N-dealkylation sites (N-methyl/N-ethyl adjacent to an activating group) is 1. The van der Waals surface area contributed by atoms with E-state index < -0.39 is 18.0 Å². The molecule has 0 aromatic heterocycles. The van der Waals surface area contributed by atoms with Crippen LogP contribution in [0.4, 0.5) is 10.5 Å². The first-order valence-electron chi connectivity index (χ1n) is 8.59. The Labute approximate surface area is 158 Å². The minimum absolute atomic E-state index is 0.0225. The molecule has 9 nitrogen and oxygen atoms in total. The summed E-state index contributed by atoms with van der Waals surface area (Å²) in [6.45, 7) is 5.89. The highest BCUT2D eigenvalue weighted by atomic mass is 16.5. The number of carbonyl (C=O) groups is 4. The molecule has 1 aromatic rings. The lowest BCUT2D eigenvalue weighted by molar-refractivity contribution is -0.881. The first kappa shape index (κ1) is 22.1. The molecule has 1 rings (SSSR count). The number of aryl methyl sites for hydroxylation is 1. The molecule has 0 aliphatic carbocycles. The maximum absolute atomic E-state index is 12.3. The fourth-order valence-corrected chi connectivity index (χ4v) is 2.29. The van der Waals surface area contributed by atoms with Crippen LogP contribution in [0.3, 0.4) is 0 Å². The molecule has 148 valence electrons. The van der Waals surface area contributed by atoms with Crippen LogP contribution in [0.25, 0.3) is 0 Å². The van der Waals surface area contributed by atoms with E-state index in [9.17, 15) is 19.2 Å². The highest BCUT2D eigenvalue weighted by molar-refractivity contribution is 5.96. The SMILES string of the molecule is CCOC(=O)NC(=O)C[NH+](CC)CC(=O)Nc1cc(C(=O)OC)ccc1C. The monoisotopic (exact) mass is 380 g/mol. The van der Waals surface area contributed by atoms with Crippen LogP contribution in [-0.4, -0.2) is 57.2 Å². The van der Waals surface area contributed by atoms with E-state index in [0.29, 0.717) is 22.7 Å². The van der Waals surface area contributed by atoms with Gasteiger partial charge >= 0.3 is 12.1 Å². The van der Waals surface area contributed by atoms with Gasteiger partial charge in [0.1, 0.15) is 0 Å². The summed E-state index contributed by atoms with van der Waals surface area (Å²) in [6, 6.07) is 4.86. The zero-order chi connectivity index (χ0) is 20.4. The van der Waals surface area contributed by atoms with Gasteiger partial charge < -0.3 is 19.7 Å². The van der Waals surface area contributed by atoms with Crippen molar-refractivity contribution in [2.24, 2.45) is 0 Å². The van der Waals surface area contributed by atoms with Crippen molar-refractivity contribution in [3.8, 4) is 0 Å². The number of methoxy groups -OCH3 is 1. The van der Waals surface area contributed by atoms with E-state index >= 15 is 0 Å². The van der Waals surface area contributed by atoms with Gasteiger partial charge in [0, 0.05) is 5.69 Å². The quantitative estimate of drug-likeness (QED) is 0.543. The van der Waals surface area contributed by atoms with Crippen molar-refractivity contribution in [1.82, 2.24) is 5.32 Å². The van der Waals surface area contributed by atoms with Gasteiger partial charge in [0.25, 0.3) is 11.8 Å². The summed E-state index contributed by atoms with van der Waals surface area (Å²) in [5.41, 5.74) is 1.61. The molecule has 0 bridgehead atoms. The van der Waals surface area contributed by atoms with Gasteiger partial charge in [-0.15, -0.1) is 0 Å². The molecule has 0 radical (unpaired) electrons. The van der Waals surface area contributed by atoms with E-state index in [1.807, 2.05) is 6.92 Å². The second-order valence-corrected chi connectivity index (χ2v) is 5.80. The predicted molar refractivity (Wildman–Crippen MR) is 97.6 cm³/mol. The number of hydrogen-bond donors (Lipinski definition) is 3. The van der Waals surface area contributed by atoms with Gasteiger partial charge in [0.2, 0.25) is 0 Å². The van der Waals surface area contributed by atoms with Crippen LogP contribution in [0, 0.1) is 6.92 Å². The van der Waals surface area contributed by atoms with Crippen LogP contribution in [-0.2, 0) is 19.1 Å². The number of ether oxygens (including phenoxy) is 2. The first-order valence-corrected chi connectivity index (χ1v) is 8.59. The Morgan fingerprint density at radius 1 is 1.07 bits per heavy atom. The van der Waals surface area contributed by atoms with Gasteiger partial charge in [-0.25, -0.2) is 9.59 Å². The molecule has 3 N–H and O–H groups in total. The van der Waals surface area contributed by atoms with Gasteiger partial charge in [-0.05, 0) is 38.5 Å². The zero-order valence-corrected chi connectivity index (χ0v) is 16.0. The van der Waals surface area contributed by atoms with Crippen molar-refractivity contribution in [2.45, 2.75) is 20.8 Å². The third-order valence-electron chi connectivity index (χ3n) is 3.77. The molecule has 9 heteroatoms. The number of nitrogens with one attached hydrogen (secondary N) is 3. The maximum Gasteiger partial charge on any atom is 0.414 e. The Kier molecular flexibility index (Phi) is 8.94. The molecule has 0 heterocycles. The average molecular weight is 380 g/mol. The standard InChI is InChI=1S/C18H25N3O6/c1-5-21(11-16(23)20-18(25)27-6-2)10-15(22)19-14-9-13(17(24)26-4)8-7-12(14)3/h7-9H,5-6,10-11H2,1-4H3,(H,19,22)(H,20,23,25)/p+1. The molecule has 0 fully saturated rings. The predicted octanol–water partition coefficient (Wildman–Crippen LogP) is -0.102. The van der Waals surface area contributed by atoms with Crippen LogP contribution >= 0.6 is 0 Å². The van der Waals surface area contributed by atoms with Crippen molar-refractivity contribution in [3.05, 3.63) is 29.3 Å². The number of anilines is 1. The summed E-state index contributed by atoms with van der Waals surface area (Å²) < 4.78 is 9.32. The lowest BCUT2D eigenvalue weighted by Gasteiger charge is -2.17. The Morgan fingerprint density at radius 3 is 2.33 bits per heavy atom. The van der Waals surface area contributed by atoms with Gasteiger partial charge in [-0.2, -0.15) is 0 Å². The number of carbonyl (C=O) groups excluding carboxylic acids is 4. The minimum Gasteiger partial charge on any atom is -0.465 e. The van der Waals surface area contributed by atoms with Crippen molar-refractivity contribution in [2.75, 3.05) is 38.7 Å². The van der Waals surface area contributed by atoms with Gasteiger partial charge in [0.05, 0.1) is 25.8 Å². The van der Waals surface area contributed by atoms with Crippen LogP contribution in [0.1, 0.15) is 29.8 Å². The van der Waals surface area contributed by atoms with E-state index in [-0.39, 0.29) is 25.6 Å². The van der Waals surface area contributed by atoms with Crippen LogP contribution in [0.15, 0.2) is 18.2 Å². The van der Waals surface area contributed by atoms with Gasteiger partial charge in [-0.3, -0.25) is 14.9 Å². The summed E-state index contributed by atoms with van der Waals surface area (Å²) in [6.07, 6.45) is -0.808. The van der Waals surface area contributed by atoms with Crippen molar-refractivity contribution < 1.29 is 33.6 Å². The molecular formula is C18H26N3O6+. The van der Waals surface area contributed by atoms with Crippen LogP contribution in [0.5, 0.6) is 0 Å². The van der Waals surface area contributed by atoms with Crippen LogP contribution in [0.2, 0.25) is 0 Å². The Bertz CT molecular complexity index is 704. The smallest absolute Gasteiger partial charge is 0.414 e. The molecule has 3 amide bonds. The number of quaternary nitrogens is 1. The Morgan fingerprint density at radius 2 is 1.74 bits per heavy atom. The van der Waals surface area contributed by atoms with E-state index in [4.69, 9.17) is 0 Å². The highest BCUT2D eigenvalue weighted by Gasteiger charge is 2.19. The van der Waals surface area contributed by atoms with Gasteiger partial charge in [-0.1, -0.05) is 6.07 Å². The fraction of sp³-hybridized carbons (Fsp3) is 0.444. The number of imide groups is 1. The second-order valence-electron chi connectivity index (χ2n) is 5.80. The molecule has 1 aromatic carbocycles. The number of esters is 1. The maximum atomic E-state index is 12.3. The molecule has 0 aliphatic heterocycles. The Balaban J connectivity index is 2.67. The molecule has 0 saturated heterocycles. The first-order chi connectivity index (χ1) is 12.8. The number of rotatable bonds is 8. The molecule has 0 aliphatic rings. The molecule has 0 saturated carbocycles. The van der Waals surface area contributed by atoms with E-state index in [0.717, 1.165) is 5.56 Å². The van der Waals surface area contributed by atoms with Gasteiger partial charge in [0.15, 0.2) is 13.1 Å². The summed E-state index contributed by atoms with van der Waals surface area (Å²) in [5, 5.41) is 4.84. The van der Waals surface area contributed by atoms with Crippen molar-refractivity contribution in [1.29, 1.82) is 0 Å². The lowest BCUT2D eigenvalue weighted by Crippen LogP contribution is -3.14. The highest BCUT2D eigenvalue weighted by Crippen LogP contribution is 2.17. The van der Waals surface area contributed by atoms with E-state index in [1.165, 1.54) is 13.2 Å². The summed E-state index contributed by atoms with van der Waals surface area (Å²) in [4.78, 5) is 47.7. The molecule has 1 atom stereocenters. The third kappa shape index (κ3) is 7.45. The number of hydrogen-bond acceptors (Lipinski definition) is 6. The number of benzene rings is 1. The Hall–Kier alpha value is -2.94. The van der Waals surface area contributed by atoms with Crippen molar-refractivity contribution >= 4 is 29.6 Å². The summed E-state index contributed by atoms with van der Waals surface area (Å²) >= 11 is 0. The number of alkyl carbamates (subject to hydrolysis) is 1. The number of amides is 3.